The van der Waals surface area contributed by atoms with Crippen molar-refractivity contribution in [3.05, 3.63) is 44.6 Å². The van der Waals surface area contributed by atoms with Crippen molar-refractivity contribution in [2.24, 2.45) is 17.6 Å². The van der Waals surface area contributed by atoms with E-state index >= 15 is 0 Å². The molecule has 0 unspecified atom stereocenters. The summed E-state index contributed by atoms with van der Waals surface area (Å²) in [5, 5.41) is 7.28. The van der Waals surface area contributed by atoms with Crippen molar-refractivity contribution in [3.8, 4) is 0 Å². The summed E-state index contributed by atoms with van der Waals surface area (Å²) >= 11 is 0. The average molecular weight is 414 g/mol. The Hall–Kier alpha value is -3.43. The molecule has 2 amide bonds. The molecule has 0 fully saturated rings. The van der Waals surface area contributed by atoms with Crippen molar-refractivity contribution in [3.63, 3.8) is 0 Å². The van der Waals surface area contributed by atoms with Gasteiger partial charge >= 0.3 is 5.69 Å². The Labute approximate surface area is 172 Å². The van der Waals surface area contributed by atoms with E-state index in [1.165, 1.54) is 21.1 Å². The van der Waals surface area contributed by atoms with Crippen molar-refractivity contribution in [2.45, 2.75) is 40.8 Å². The number of rotatable bonds is 7. The van der Waals surface area contributed by atoms with Gasteiger partial charge in [-0.2, -0.15) is 0 Å². The number of benzene rings is 1. The smallest absolute Gasteiger partial charge is 0.352 e. The van der Waals surface area contributed by atoms with Gasteiger partial charge in [0.2, 0.25) is 11.7 Å². The first-order valence-corrected chi connectivity index (χ1v) is 9.82. The molecule has 0 spiro atoms. The molecule has 10 heteroatoms. The average Bonchev–Trinajstić information content (AvgIpc) is 2.98. The largest absolute Gasteiger partial charge is 0.368 e. The molecule has 1 aromatic carbocycles. The fourth-order valence-electron chi connectivity index (χ4n) is 3.24. The second kappa shape index (κ2) is 8.13. The fourth-order valence-corrected chi connectivity index (χ4v) is 3.24. The van der Waals surface area contributed by atoms with Crippen molar-refractivity contribution >= 4 is 28.5 Å². The minimum absolute atomic E-state index is 0.104. The van der Waals surface area contributed by atoms with Crippen molar-refractivity contribution in [2.75, 3.05) is 6.54 Å². The van der Waals surface area contributed by atoms with Gasteiger partial charge in [0.25, 0.3) is 11.5 Å². The monoisotopic (exact) mass is 414 g/mol. The predicted molar refractivity (Wildman–Crippen MR) is 112 cm³/mol. The Morgan fingerprint density at radius 3 is 2.43 bits per heavy atom. The first-order chi connectivity index (χ1) is 14.1. The second-order valence-electron chi connectivity index (χ2n) is 8.19. The lowest BCUT2D eigenvalue weighted by molar-refractivity contribution is -0.118. The molecule has 0 atom stereocenters. The maximum atomic E-state index is 13.1. The summed E-state index contributed by atoms with van der Waals surface area (Å²) in [5.41, 5.74) is 4.88. The summed E-state index contributed by atoms with van der Waals surface area (Å²) in [6.45, 7) is 8.26. The molecular weight excluding hydrogens is 388 g/mol. The van der Waals surface area contributed by atoms with Crippen LogP contribution in [0.3, 0.4) is 0 Å². The predicted octanol–water partition coefficient (Wildman–Crippen LogP) is 0.338. The maximum absolute atomic E-state index is 13.1. The van der Waals surface area contributed by atoms with Crippen LogP contribution in [0.25, 0.3) is 16.7 Å². The zero-order valence-electron chi connectivity index (χ0n) is 17.5. The lowest BCUT2D eigenvalue weighted by Crippen LogP contribution is -2.30. The van der Waals surface area contributed by atoms with E-state index in [1.54, 1.807) is 6.07 Å². The van der Waals surface area contributed by atoms with E-state index in [1.807, 2.05) is 27.7 Å². The van der Waals surface area contributed by atoms with E-state index in [4.69, 9.17) is 5.73 Å². The Balaban J connectivity index is 2.31. The molecule has 2 heterocycles. The molecule has 0 aliphatic heterocycles. The number of nitrogens with two attached hydrogens (primary N) is 1. The number of fused-ring (bicyclic) bond motifs is 3. The number of amides is 2. The van der Waals surface area contributed by atoms with Crippen LogP contribution in [0.1, 0.15) is 38.1 Å². The lowest BCUT2D eigenvalue weighted by Gasteiger charge is -2.13. The molecule has 3 rings (SSSR count). The summed E-state index contributed by atoms with van der Waals surface area (Å²) in [4.78, 5) is 49.9. The van der Waals surface area contributed by atoms with Crippen LogP contribution in [0.2, 0.25) is 0 Å². The number of carbonyl (C=O) groups excluding carboxylic acids is 2. The highest BCUT2D eigenvalue weighted by Gasteiger charge is 2.20. The third-order valence-corrected chi connectivity index (χ3v) is 4.56. The second-order valence-corrected chi connectivity index (χ2v) is 8.19. The van der Waals surface area contributed by atoms with Crippen LogP contribution in [0, 0.1) is 11.8 Å². The molecule has 3 aromatic rings. The van der Waals surface area contributed by atoms with Gasteiger partial charge in [0.05, 0.1) is 10.9 Å². The number of hydrogen-bond donors (Lipinski definition) is 2. The van der Waals surface area contributed by atoms with Crippen LogP contribution in [0.4, 0.5) is 0 Å². The standard InChI is InChI=1S/C20H26N6O4/c1-11(2)8-22-17(28)13-5-6-14-15(7-13)26-19(24(18(14)29)9-12(3)4)23-25(20(26)30)10-16(21)27/h5-7,11-12H,8-10H2,1-4H3,(H2,21,27)(H,22,28). The lowest BCUT2D eigenvalue weighted by atomic mass is 10.1. The van der Waals surface area contributed by atoms with E-state index in [0.29, 0.717) is 18.7 Å². The number of primary amides is 1. The van der Waals surface area contributed by atoms with Gasteiger partial charge in [-0.25, -0.2) is 13.9 Å². The van der Waals surface area contributed by atoms with Crippen molar-refractivity contribution < 1.29 is 9.59 Å². The quantitative estimate of drug-likeness (QED) is 0.575. The van der Waals surface area contributed by atoms with Crippen LogP contribution in [0.15, 0.2) is 27.8 Å². The molecule has 0 radical (unpaired) electrons. The topological polar surface area (TPSA) is 133 Å². The Bertz CT molecular complexity index is 1250. The molecular formula is C20H26N6O4. The number of hydrogen-bond acceptors (Lipinski definition) is 5. The molecule has 0 saturated carbocycles. The van der Waals surface area contributed by atoms with E-state index in [2.05, 4.69) is 10.4 Å². The van der Waals surface area contributed by atoms with Crippen molar-refractivity contribution in [1.82, 2.24) is 24.1 Å². The van der Waals surface area contributed by atoms with Gasteiger partial charge < -0.3 is 11.1 Å². The van der Waals surface area contributed by atoms with Crippen LogP contribution in [0.5, 0.6) is 0 Å². The van der Waals surface area contributed by atoms with Crippen LogP contribution in [-0.2, 0) is 17.9 Å². The third kappa shape index (κ3) is 3.98. The fraction of sp³-hybridized carbons (Fsp3) is 0.450. The molecule has 0 aliphatic rings. The minimum Gasteiger partial charge on any atom is -0.368 e. The van der Waals surface area contributed by atoms with Gasteiger partial charge in [-0.1, -0.05) is 27.7 Å². The SMILES string of the molecule is CC(C)CNC(=O)c1ccc2c(=O)n(CC(C)C)c3nn(CC(N)=O)c(=O)n3c2c1. The van der Waals surface area contributed by atoms with Crippen LogP contribution >= 0.6 is 0 Å². The van der Waals surface area contributed by atoms with Gasteiger partial charge in [0, 0.05) is 18.7 Å². The first kappa shape index (κ1) is 21.3. The van der Waals surface area contributed by atoms with Gasteiger partial charge in [0.1, 0.15) is 6.54 Å². The summed E-state index contributed by atoms with van der Waals surface area (Å²) in [6, 6.07) is 4.59. The zero-order chi connectivity index (χ0) is 22.2. The van der Waals surface area contributed by atoms with Crippen LogP contribution < -0.4 is 22.3 Å². The van der Waals surface area contributed by atoms with Gasteiger partial charge in [-0.3, -0.25) is 19.0 Å². The van der Waals surface area contributed by atoms with E-state index in [9.17, 15) is 19.2 Å². The van der Waals surface area contributed by atoms with Gasteiger partial charge in [-0.05, 0) is 30.0 Å². The molecule has 0 saturated heterocycles. The highest BCUT2D eigenvalue weighted by atomic mass is 16.2. The summed E-state index contributed by atoms with van der Waals surface area (Å²) in [6.07, 6.45) is 0. The molecule has 0 aliphatic carbocycles. The van der Waals surface area contributed by atoms with Gasteiger partial charge in [0.15, 0.2) is 0 Å². The van der Waals surface area contributed by atoms with Crippen LogP contribution in [-0.4, -0.2) is 37.1 Å². The third-order valence-electron chi connectivity index (χ3n) is 4.56. The molecule has 0 bridgehead atoms. The summed E-state index contributed by atoms with van der Waals surface area (Å²) < 4.78 is 3.59. The number of aromatic nitrogens is 4. The number of carbonyl (C=O) groups is 2. The highest BCUT2D eigenvalue weighted by molar-refractivity contribution is 5.98. The highest BCUT2D eigenvalue weighted by Crippen LogP contribution is 2.15. The van der Waals surface area contributed by atoms with E-state index < -0.39 is 18.1 Å². The zero-order valence-corrected chi connectivity index (χ0v) is 17.5. The Morgan fingerprint density at radius 1 is 1.13 bits per heavy atom. The normalized spacial score (nSPS) is 11.7. The van der Waals surface area contributed by atoms with Crippen molar-refractivity contribution in [1.29, 1.82) is 0 Å². The molecule has 160 valence electrons. The number of nitrogens with one attached hydrogen (secondary N) is 1. The molecule has 2 aromatic heterocycles. The molecule has 30 heavy (non-hydrogen) atoms. The Morgan fingerprint density at radius 2 is 1.83 bits per heavy atom. The minimum atomic E-state index is -0.726. The van der Waals surface area contributed by atoms with Gasteiger partial charge in [-0.15, -0.1) is 5.10 Å². The summed E-state index contributed by atoms with van der Waals surface area (Å²) in [5.74, 6) is -0.536. The molecule has 3 N–H and O–H groups in total. The molecule has 10 nitrogen and oxygen atoms in total. The first-order valence-electron chi connectivity index (χ1n) is 9.82. The summed E-state index contributed by atoms with van der Waals surface area (Å²) in [7, 11) is 0. The number of nitrogens with zero attached hydrogens (tertiary/aromatic N) is 4. The Kier molecular flexibility index (Phi) is 5.77. The van der Waals surface area contributed by atoms with E-state index in [0.717, 1.165) is 4.68 Å². The maximum Gasteiger partial charge on any atom is 0.352 e. The van der Waals surface area contributed by atoms with E-state index in [-0.39, 0.29) is 40.0 Å².